The van der Waals surface area contributed by atoms with Crippen LogP contribution in [0.15, 0.2) is 4.42 Å². The van der Waals surface area contributed by atoms with Crippen LogP contribution in [0.3, 0.4) is 0 Å². The third-order valence-corrected chi connectivity index (χ3v) is 3.91. The Hall–Kier alpha value is -1.85. The molecule has 0 aromatic carbocycles. The SMILES string of the molecule is Cc1nc(CN2C(=O)C(C(C)(C)C)NC(=O)C2C)oc1C. The van der Waals surface area contributed by atoms with E-state index in [0.717, 1.165) is 11.5 Å². The first-order valence-corrected chi connectivity index (χ1v) is 7.15. The maximum atomic E-state index is 12.7. The van der Waals surface area contributed by atoms with Crippen LogP contribution >= 0.6 is 0 Å². The van der Waals surface area contributed by atoms with Gasteiger partial charge in [-0.2, -0.15) is 0 Å². The molecule has 0 spiro atoms. The van der Waals surface area contributed by atoms with Gasteiger partial charge in [-0.05, 0) is 26.2 Å². The molecule has 1 aromatic heterocycles. The molecule has 1 N–H and O–H groups in total. The molecule has 0 saturated carbocycles. The van der Waals surface area contributed by atoms with Gasteiger partial charge in [0.15, 0.2) is 0 Å². The molecule has 21 heavy (non-hydrogen) atoms. The molecule has 2 amide bonds. The quantitative estimate of drug-likeness (QED) is 0.897. The van der Waals surface area contributed by atoms with Gasteiger partial charge in [-0.3, -0.25) is 9.59 Å². The second kappa shape index (κ2) is 5.16. The van der Waals surface area contributed by atoms with Crippen molar-refractivity contribution < 1.29 is 14.0 Å². The average Bonchev–Trinajstić information content (AvgIpc) is 2.67. The van der Waals surface area contributed by atoms with Gasteiger partial charge in [-0.15, -0.1) is 0 Å². The van der Waals surface area contributed by atoms with Gasteiger partial charge in [0.2, 0.25) is 17.7 Å². The number of aryl methyl sites for hydroxylation is 2. The largest absolute Gasteiger partial charge is 0.444 e. The number of amides is 2. The number of rotatable bonds is 2. The van der Waals surface area contributed by atoms with Crippen LogP contribution in [0.25, 0.3) is 0 Å². The zero-order valence-corrected chi connectivity index (χ0v) is 13.5. The first-order valence-electron chi connectivity index (χ1n) is 7.15. The van der Waals surface area contributed by atoms with E-state index in [2.05, 4.69) is 10.3 Å². The minimum Gasteiger partial charge on any atom is -0.444 e. The molecule has 1 aliphatic heterocycles. The van der Waals surface area contributed by atoms with Crippen LogP contribution in [0.1, 0.15) is 45.0 Å². The number of aromatic nitrogens is 1. The second-order valence-corrected chi connectivity index (χ2v) is 6.70. The average molecular weight is 293 g/mol. The molecule has 1 aliphatic rings. The van der Waals surface area contributed by atoms with E-state index in [9.17, 15) is 9.59 Å². The molecule has 0 aliphatic carbocycles. The van der Waals surface area contributed by atoms with E-state index in [0.29, 0.717) is 5.89 Å². The topological polar surface area (TPSA) is 75.4 Å². The molecule has 116 valence electrons. The molecular formula is C15H23N3O3. The Bertz CT molecular complexity index is 552. The van der Waals surface area contributed by atoms with E-state index in [-0.39, 0.29) is 23.8 Å². The van der Waals surface area contributed by atoms with Gasteiger partial charge in [0, 0.05) is 0 Å². The van der Waals surface area contributed by atoms with Crippen molar-refractivity contribution in [2.45, 2.75) is 60.2 Å². The van der Waals surface area contributed by atoms with E-state index in [1.165, 1.54) is 0 Å². The lowest BCUT2D eigenvalue weighted by Gasteiger charge is -2.41. The number of hydrogen-bond acceptors (Lipinski definition) is 4. The normalized spacial score (nSPS) is 23.4. The van der Waals surface area contributed by atoms with Crippen molar-refractivity contribution in [2.24, 2.45) is 5.41 Å². The number of carbonyl (C=O) groups is 2. The highest BCUT2D eigenvalue weighted by Gasteiger charge is 2.43. The molecule has 2 heterocycles. The zero-order chi connectivity index (χ0) is 15.9. The molecule has 6 nitrogen and oxygen atoms in total. The third kappa shape index (κ3) is 2.94. The molecule has 1 fully saturated rings. The summed E-state index contributed by atoms with van der Waals surface area (Å²) in [6.45, 7) is 11.4. The summed E-state index contributed by atoms with van der Waals surface area (Å²) in [5.41, 5.74) is 0.465. The van der Waals surface area contributed by atoms with E-state index in [4.69, 9.17) is 4.42 Å². The van der Waals surface area contributed by atoms with Crippen molar-refractivity contribution >= 4 is 11.8 Å². The van der Waals surface area contributed by atoms with Gasteiger partial charge < -0.3 is 14.6 Å². The predicted molar refractivity (Wildman–Crippen MR) is 77.4 cm³/mol. The summed E-state index contributed by atoms with van der Waals surface area (Å²) in [4.78, 5) is 30.6. The van der Waals surface area contributed by atoms with Crippen LogP contribution in [-0.2, 0) is 16.1 Å². The second-order valence-electron chi connectivity index (χ2n) is 6.70. The highest BCUT2D eigenvalue weighted by atomic mass is 16.4. The van der Waals surface area contributed by atoms with Crippen LogP contribution in [0.5, 0.6) is 0 Å². The lowest BCUT2D eigenvalue weighted by Crippen LogP contribution is -2.65. The maximum absolute atomic E-state index is 12.7. The molecule has 2 atom stereocenters. The van der Waals surface area contributed by atoms with Crippen molar-refractivity contribution in [1.82, 2.24) is 15.2 Å². The van der Waals surface area contributed by atoms with Crippen LogP contribution in [0.2, 0.25) is 0 Å². The Morgan fingerprint density at radius 1 is 1.29 bits per heavy atom. The summed E-state index contributed by atoms with van der Waals surface area (Å²) >= 11 is 0. The summed E-state index contributed by atoms with van der Waals surface area (Å²) in [6.07, 6.45) is 0. The van der Waals surface area contributed by atoms with Crippen LogP contribution in [-0.4, -0.2) is 33.8 Å². The van der Waals surface area contributed by atoms with E-state index < -0.39 is 12.1 Å². The van der Waals surface area contributed by atoms with Crippen molar-refractivity contribution in [2.75, 3.05) is 0 Å². The molecule has 0 bridgehead atoms. The molecule has 1 saturated heterocycles. The number of nitrogens with one attached hydrogen (secondary N) is 1. The molecular weight excluding hydrogens is 270 g/mol. The van der Waals surface area contributed by atoms with Gasteiger partial charge in [0.25, 0.3) is 0 Å². The van der Waals surface area contributed by atoms with Gasteiger partial charge in [0.1, 0.15) is 17.8 Å². The lowest BCUT2D eigenvalue weighted by atomic mass is 9.84. The molecule has 0 radical (unpaired) electrons. The van der Waals surface area contributed by atoms with Crippen LogP contribution in [0.4, 0.5) is 0 Å². The number of piperazine rings is 1. The number of carbonyl (C=O) groups excluding carboxylic acids is 2. The summed E-state index contributed by atoms with van der Waals surface area (Å²) in [7, 11) is 0. The highest BCUT2D eigenvalue weighted by molar-refractivity contribution is 5.97. The first kappa shape index (κ1) is 15.5. The Labute approximate surface area is 124 Å². The van der Waals surface area contributed by atoms with Gasteiger partial charge >= 0.3 is 0 Å². The van der Waals surface area contributed by atoms with Gasteiger partial charge in [-0.1, -0.05) is 20.8 Å². The molecule has 1 aromatic rings. The minimum absolute atomic E-state index is 0.0943. The fourth-order valence-corrected chi connectivity index (χ4v) is 2.38. The smallest absolute Gasteiger partial charge is 0.246 e. The fraction of sp³-hybridized carbons (Fsp3) is 0.667. The number of oxazole rings is 1. The standard InChI is InChI=1S/C15H23N3O3/c1-8-10(3)21-11(16-8)7-18-9(2)13(19)17-12(14(18)20)15(4,5)6/h9,12H,7H2,1-6H3,(H,17,19). The van der Waals surface area contributed by atoms with Crippen LogP contribution < -0.4 is 5.32 Å². The zero-order valence-electron chi connectivity index (χ0n) is 13.5. The Morgan fingerprint density at radius 3 is 2.38 bits per heavy atom. The van der Waals surface area contributed by atoms with Crippen LogP contribution in [0, 0.1) is 19.3 Å². The summed E-state index contributed by atoms with van der Waals surface area (Å²) in [5, 5.41) is 2.81. The lowest BCUT2D eigenvalue weighted by molar-refractivity contribution is -0.152. The third-order valence-electron chi connectivity index (χ3n) is 3.91. The van der Waals surface area contributed by atoms with Crippen molar-refractivity contribution in [3.05, 3.63) is 17.3 Å². The fourth-order valence-electron chi connectivity index (χ4n) is 2.38. The van der Waals surface area contributed by atoms with Crippen molar-refractivity contribution in [1.29, 1.82) is 0 Å². The Kier molecular flexibility index (Phi) is 3.82. The first-order chi connectivity index (χ1) is 9.61. The number of nitrogens with zero attached hydrogens (tertiary/aromatic N) is 2. The van der Waals surface area contributed by atoms with Crippen molar-refractivity contribution in [3.8, 4) is 0 Å². The Balaban J connectivity index is 2.26. The number of hydrogen-bond donors (Lipinski definition) is 1. The maximum Gasteiger partial charge on any atom is 0.246 e. The van der Waals surface area contributed by atoms with E-state index in [1.54, 1.807) is 11.8 Å². The van der Waals surface area contributed by atoms with Gasteiger partial charge in [-0.25, -0.2) is 4.98 Å². The summed E-state index contributed by atoms with van der Waals surface area (Å²) in [6, 6.07) is -1.05. The summed E-state index contributed by atoms with van der Waals surface area (Å²) < 4.78 is 5.53. The van der Waals surface area contributed by atoms with E-state index in [1.807, 2.05) is 34.6 Å². The Morgan fingerprint density at radius 2 is 1.90 bits per heavy atom. The molecule has 2 unspecified atom stereocenters. The minimum atomic E-state index is -0.529. The summed E-state index contributed by atoms with van der Waals surface area (Å²) in [5.74, 6) is 0.962. The van der Waals surface area contributed by atoms with Gasteiger partial charge in [0.05, 0.1) is 12.2 Å². The molecule has 2 rings (SSSR count). The highest BCUT2D eigenvalue weighted by Crippen LogP contribution is 2.26. The molecule has 6 heteroatoms. The predicted octanol–water partition coefficient (Wildman–Crippen LogP) is 1.55. The monoisotopic (exact) mass is 293 g/mol. The van der Waals surface area contributed by atoms with E-state index >= 15 is 0 Å². The van der Waals surface area contributed by atoms with Crippen molar-refractivity contribution in [3.63, 3.8) is 0 Å².